The Kier molecular flexibility index (Phi) is 4.30. The van der Waals surface area contributed by atoms with Gasteiger partial charge in [0.25, 0.3) is 0 Å². The standard InChI is InChI=1S/C18H24N4O/c1-3-15(20-8-1)14-21-9-5-17-18(6-10-21)23-12-11-22(17)16-4-2-7-19-13-16/h1-4,7-8,13,17-18,20H,5-6,9-12,14H2. The van der Waals surface area contributed by atoms with Crippen LogP contribution in [0.5, 0.6) is 0 Å². The van der Waals surface area contributed by atoms with Gasteiger partial charge in [0.05, 0.1) is 30.6 Å². The number of nitrogens with zero attached hydrogens (tertiary/aromatic N) is 3. The SMILES string of the molecule is c1cncc(N2CCOC3CCN(Cc4ccc[nH]4)CCC32)c1. The Morgan fingerprint density at radius 1 is 1.17 bits per heavy atom. The second-order valence-corrected chi connectivity index (χ2v) is 6.43. The molecule has 2 aliphatic heterocycles. The molecule has 0 amide bonds. The first-order chi connectivity index (χ1) is 11.4. The molecule has 2 aliphatic rings. The van der Waals surface area contributed by atoms with Gasteiger partial charge in [-0.3, -0.25) is 9.88 Å². The Hall–Kier alpha value is -1.85. The molecule has 2 aromatic rings. The van der Waals surface area contributed by atoms with E-state index in [0.29, 0.717) is 12.1 Å². The third kappa shape index (κ3) is 3.26. The first-order valence-corrected chi connectivity index (χ1v) is 8.53. The van der Waals surface area contributed by atoms with Crippen LogP contribution in [0, 0.1) is 0 Å². The topological polar surface area (TPSA) is 44.4 Å². The lowest BCUT2D eigenvalue weighted by Crippen LogP contribution is -2.51. The van der Waals surface area contributed by atoms with Gasteiger partial charge in [-0.05, 0) is 37.1 Å². The molecular formula is C18H24N4O. The van der Waals surface area contributed by atoms with Crippen LogP contribution < -0.4 is 4.90 Å². The molecule has 1 N–H and O–H groups in total. The van der Waals surface area contributed by atoms with Gasteiger partial charge in [-0.2, -0.15) is 0 Å². The highest BCUT2D eigenvalue weighted by molar-refractivity contribution is 5.45. The molecule has 4 rings (SSSR count). The van der Waals surface area contributed by atoms with Gasteiger partial charge in [-0.1, -0.05) is 0 Å². The predicted molar refractivity (Wildman–Crippen MR) is 90.4 cm³/mol. The lowest BCUT2D eigenvalue weighted by molar-refractivity contribution is 0.00892. The maximum Gasteiger partial charge on any atom is 0.0791 e. The van der Waals surface area contributed by atoms with E-state index in [1.807, 2.05) is 24.7 Å². The molecule has 2 saturated heterocycles. The van der Waals surface area contributed by atoms with Crippen molar-refractivity contribution in [2.24, 2.45) is 0 Å². The van der Waals surface area contributed by atoms with Gasteiger partial charge in [0.15, 0.2) is 0 Å². The number of pyridine rings is 1. The number of hydrogen-bond donors (Lipinski definition) is 1. The molecule has 5 nitrogen and oxygen atoms in total. The summed E-state index contributed by atoms with van der Waals surface area (Å²) < 4.78 is 6.10. The van der Waals surface area contributed by atoms with Crippen molar-refractivity contribution in [3.05, 3.63) is 48.5 Å². The minimum Gasteiger partial charge on any atom is -0.374 e. The van der Waals surface area contributed by atoms with E-state index in [0.717, 1.165) is 45.6 Å². The number of nitrogens with one attached hydrogen (secondary N) is 1. The number of fused-ring (bicyclic) bond motifs is 1. The molecule has 23 heavy (non-hydrogen) atoms. The molecule has 2 aromatic heterocycles. The van der Waals surface area contributed by atoms with Crippen molar-refractivity contribution in [3.63, 3.8) is 0 Å². The number of hydrogen-bond acceptors (Lipinski definition) is 4. The van der Waals surface area contributed by atoms with Crippen LogP contribution in [0.4, 0.5) is 5.69 Å². The molecule has 2 unspecified atom stereocenters. The smallest absolute Gasteiger partial charge is 0.0791 e. The van der Waals surface area contributed by atoms with Crippen molar-refractivity contribution >= 4 is 5.69 Å². The van der Waals surface area contributed by atoms with Crippen LogP contribution in [-0.4, -0.2) is 53.3 Å². The number of ether oxygens (including phenoxy) is 1. The number of aromatic amines is 1. The summed E-state index contributed by atoms with van der Waals surface area (Å²) in [5.74, 6) is 0. The summed E-state index contributed by atoms with van der Waals surface area (Å²) >= 11 is 0. The highest BCUT2D eigenvalue weighted by Gasteiger charge is 2.34. The summed E-state index contributed by atoms with van der Waals surface area (Å²) in [5, 5.41) is 0. The molecule has 0 bridgehead atoms. The summed E-state index contributed by atoms with van der Waals surface area (Å²) in [6.45, 7) is 4.98. The average Bonchev–Trinajstić information content (AvgIpc) is 3.02. The molecule has 0 spiro atoms. The Bertz CT molecular complexity index is 601. The summed E-state index contributed by atoms with van der Waals surface area (Å²) in [6, 6.07) is 8.88. The lowest BCUT2D eigenvalue weighted by atomic mass is 10.0. The van der Waals surface area contributed by atoms with Crippen LogP contribution in [0.3, 0.4) is 0 Å². The molecule has 0 aromatic carbocycles. The second kappa shape index (κ2) is 6.72. The zero-order valence-electron chi connectivity index (χ0n) is 13.4. The van der Waals surface area contributed by atoms with Gasteiger partial charge in [0, 0.05) is 44.3 Å². The fourth-order valence-corrected chi connectivity index (χ4v) is 3.84. The van der Waals surface area contributed by atoms with Crippen molar-refractivity contribution in [2.75, 3.05) is 31.1 Å². The summed E-state index contributed by atoms with van der Waals surface area (Å²) in [5.41, 5.74) is 2.52. The fraction of sp³-hybridized carbons (Fsp3) is 0.500. The highest BCUT2D eigenvalue weighted by atomic mass is 16.5. The van der Waals surface area contributed by atoms with Gasteiger partial charge < -0.3 is 14.6 Å². The van der Waals surface area contributed by atoms with Crippen LogP contribution in [0.2, 0.25) is 0 Å². The van der Waals surface area contributed by atoms with Crippen molar-refractivity contribution in [3.8, 4) is 0 Å². The molecule has 5 heteroatoms. The summed E-state index contributed by atoms with van der Waals surface area (Å²) in [6.07, 6.45) is 8.39. The number of likely N-dealkylation sites (tertiary alicyclic amines) is 1. The number of anilines is 1. The zero-order valence-corrected chi connectivity index (χ0v) is 13.4. The van der Waals surface area contributed by atoms with Crippen molar-refractivity contribution < 1.29 is 4.74 Å². The lowest BCUT2D eigenvalue weighted by Gasteiger charge is -2.41. The van der Waals surface area contributed by atoms with E-state index in [9.17, 15) is 0 Å². The molecule has 0 saturated carbocycles. The minimum atomic E-state index is 0.331. The monoisotopic (exact) mass is 312 g/mol. The Morgan fingerprint density at radius 3 is 2.96 bits per heavy atom. The molecule has 4 heterocycles. The fourth-order valence-electron chi connectivity index (χ4n) is 3.84. The van der Waals surface area contributed by atoms with E-state index in [2.05, 4.69) is 38.0 Å². The first-order valence-electron chi connectivity index (χ1n) is 8.53. The van der Waals surface area contributed by atoms with Gasteiger partial charge in [-0.25, -0.2) is 0 Å². The Morgan fingerprint density at radius 2 is 2.13 bits per heavy atom. The van der Waals surface area contributed by atoms with E-state index >= 15 is 0 Å². The molecule has 2 atom stereocenters. The predicted octanol–water partition coefficient (Wildman–Crippen LogP) is 2.28. The molecule has 122 valence electrons. The van der Waals surface area contributed by atoms with E-state index in [1.54, 1.807) is 0 Å². The normalized spacial score (nSPS) is 25.8. The van der Waals surface area contributed by atoms with E-state index in [1.165, 1.54) is 11.4 Å². The molecular weight excluding hydrogens is 288 g/mol. The third-order valence-corrected chi connectivity index (χ3v) is 5.00. The third-order valence-electron chi connectivity index (χ3n) is 5.00. The van der Waals surface area contributed by atoms with Crippen LogP contribution >= 0.6 is 0 Å². The number of morpholine rings is 1. The average molecular weight is 312 g/mol. The zero-order chi connectivity index (χ0) is 15.5. The number of rotatable bonds is 3. The second-order valence-electron chi connectivity index (χ2n) is 6.43. The van der Waals surface area contributed by atoms with Crippen LogP contribution in [0.1, 0.15) is 18.5 Å². The maximum atomic E-state index is 6.10. The Labute approximate surface area is 137 Å². The molecule has 0 radical (unpaired) electrons. The highest BCUT2D eigenvalue weighted by Crippen LogP contribution is 2.28. The summed E-state index contributed by atoms with van der Waals surface area (Å²) in [7, 11) is 0. The van der Waals surface area contributed by atoms with Crippen LogP contribution in [0.25, 0.3) is 0 Å². The molecule has 2 fully saturated rings. The van der Waals surface area contributed by atoms with E-state index in [4.69, 9.17) is 4.74 Å². The molecule has 0 aliphatic carbocycles. The van der Waals surface area contributed by atoms with Gasteiger partial charge in [0.2, 0.25) is 0 Å². The Balaban J connectivity index is 1.47. The number of H-pyrrole nitrogens is 1. The first kappa shape index (κ1) is 14.7. The van der Waals surface area contributed by atoms with E-state index in [-0.39, 0.29) is 0 Å². The quantitative estimate of drug-likeness (QED) is 0.944. The van der Waals surface area contributed by atoms with Crippen molar-refractivity contribution in [2.45, 2.75) is 31.5 Å². The number of aromatic nitrogens is 2. The van der Waals surface area contributed by atoms with Gasteiger partial charge in [-0.15, -0.1) is 0 Å². The van der Waals surface area contributed by atoms with Gasteiger partial charge >= 0.3 is 0 Å². The van der Waals surface area contributed by atoms with Crippen LogP contribution in [0.15, 0.2) is 42.9 Å². The van der Waals surface area contributed by atoms with Gasteiger partial charge in [0.1, 0.15) is 0 Å². The minimum absolute atomic E-state index is 0.331. The van der Waals surface area contributed by atoms with Crippen molar-refractivity contribution in [1.29, 1.82) is 0 Å². The van der Waals surface area contributed by atoms with Crippen molar-refractivity contribution in [1.82, 2.24) is 14.9 Å². The maximum absolute atomic E-state index is 6.10. The van der Waals surface area contributed by atoms with Crippen LogP contribution in [-0.2, 0) is 11.3 Å². The summed E-state index contributed by atoms with van der Waals surface area (Å²) in [4.78, 5) is 12.6. The largest absolute Gasteiger partial charge is 0.374 e. The van der Waals surface area contributed by atoms with E-state index < -0.39 is 0 Å².